The molecule has 2 heterocycles. The zero-order chi connectivity index (χ0) is 27.6. The van der Waals surface area contributed by atoms with Gasteiger partial charge in [-0.15, -0.1) is 0 Å². The number of carbonyl (C=O) groups is 4. The van der Waals surface area contributed by atoms with Crippen molar-refractivity contribution in [1.82, 2.24) is 0 Å². The van der Waals surface area contributed by atoms with Crippen LogP contribution < -0.4 is 10.4 Å². The van der Waals surface area contributed by atoms with Crippen molar-refractivity contribution in [2.75, 3.05) is 6.61 Å². The number of benzene rings is 1. The summed E-state index contributed by atoms with van der Waals surface area (Å²) < 4.78 is 38.7. The first-order valence-corrected chi connectivity index (χ1v) is 12.1. The van der Waals surface area contributed by atoms with Crippen LogP contribution in [-0.2, 0) is 55.7 Å². The van der Waals surface area contributed by atoms with Crippen molar-refractivity contribution in [2.45, 2.75) is 77.7 Å². The number of rotatable bonds is 7. The van der Waals surface area contributed by atoms with E-state index in [0.29, 0.717) is 17.6 Å². The standard InChI is InChI=1S/C26H28O12/c1-12(27)32-11-21-22(33-13(2)28)23(34-14(3)29)24(35-15(4)30)26(38-21)36-16-8-9-18-17-6-5-7-19(17)25(31)37-20(18)10-16/h8-10,21-24,26H,5-7,11H2,1-4H3/t21-,22-,23+,24-,26-/m0/s1. The maximum absolute atomic E-state index is 12.4. The van der Waals surface area contributed by atoms with Gasteiger partial charge in [0.2, 0.25) is 12.4 Å². The minimum Gasteiger partial charge on any atom is -0.463 e. The first-order valence-electron chi connectivity index (χ1n) is 12.1. The quantitative estimate of drug-likeness (QED) is 0.290. The van der Waals surface area contributed by atoms with E-state index in [0.717, 1.165) is 44.6 Å². The molecule has 1 aromatic carbocycles. The van der Waals surface area contributed by atoms with Gasteiger partial charge in [-0.2, -0.15) is 0 Å². The summed E-state index contributed by atoms with van der Waals surface area (Å²) in [6, 6.07) is 4.89. The van der Waals surface area contributed by atoms with Crippen molar-refractivity contribution in [2.24, 2.45) is 0 Å². The Balaban J connectivity index is 1.71. The average molecular weight is 532 g/mol. The molecule has 1 fully saturated rings. The first kappa shape index (κ1) is 27.1. The molecule has 38 heavy (non-hydrogen) atoms. The van der Waals surface area contributed by atoms with Crippen LogP contribution in [0.1, 0.15) is 45.2 Å². The molecule has 1 aliphatic heterocycles. The summed E-state index contributed by atoms with van der Waals surface area (Å²) in [5, 5.41) is 0.783. The fraction of sp³-hybridized carbons (Fsp3) is 0.500. The highest BCUT2D eigenvalue weighted by Crippen LogP contribution is 2.33. The second kappa shape index (κ2) is 11.2. The van der Waals surface area contributed by atoms with Gasteiger partial charge in [-0.25, -0.2) is 4.79 Å². The molecule has 12 heteroatoms. The predicted molar refractivity (Wildman–Crippen MR) is 127 cm³/mol. The van der Waals surface area contributed by atoms with Crippen LogP contribution in [0.2, 0.25) is 0 Å². The summed E-state index contributed by atoms with van der Waals surface area (Å²) in [6.07, 6.45) is -4.29. The molecule has 12 nitrogen and oxygen atoms in total. The van der Waals surface area contributed by atoms with Gasteiger partial charge in [0.25, 0.3) is 0 Å². The third-order valence-electron chi connectivity index (χ3n) is 6.15. The van der Waals surface area contributed by atoms with Gasteiger partial charge in [0.05, 0.1) is 0 Å². The van der Waals surface area contributed by atoms with Gasteiger partial charge >= 0.3 is 29.5 Å². The molecule has 0 unspecified atom stereocenters. The molecule has 4 rings (SSSR count). The minimum atomic E-state index is -1.39. The summed E-state index contributed by atoms with van der Waals surface area (Å²) in [5.74, 6) is -2.67. The van der Waals surface area contributed by atoms with Crippen molar-refractivity contribution < 1.29 is 52.0 Å². The predicted octanol–water partition coefficient (Wildman–Crippen LogP) is 1.74. The van der Waals surface area contributed by atoms with Crippen molar-refractivity contribution >= 4 is 34.8 Å². The van der Waals surface area contributed by atoms with Gasteiger partial charge < -0.3 is 32.8 Å². The number of ether oxygens (including phenoxy) is 6. The van der Waals surface area contributed by atoms with E-state index in [9.17, 15) is 24.0 Å². The van der Waals surface area contributed by atoms with Crippen LogP contribution in [0.15, 0.2) is 27.4 Å². The average Bonchev–Trinajstić information content (AvgIpc) is 3.32. The number of esters is 4. The topological polar surface area (TPSA) is 154 Å². The molecule has 0 spiro atoms. The molecule has 1 aromatic heterocycles. The van der Waals surface area contributed by atoms with Crippen LogP contribution in [0.3, 0.4) is 0 Å². The lowest BCUT2D eigenvalue weighted by atomic mass is 9.98. The SMILES string of the molecule is CC(=O)OC[C@@H]1O[C@H](Oc2ccc3c4c(c(=O)oc3c2)CCC4)[C@@H](OC(C)=O)[C@H](OC(C)=O)[C@H]1OC(C)=O. The lowest BCUT2D eigenvalue weighted by Crippen LogP contribution is -2.63. The van der Waals surface area contributed by atoms with E-state index in [2.05, 4.69) is 0 Å². The van der Waals surface area contributed by atoms with Gasteiger partial charge in [-0.1, -0.05) is 0 Å². The molecule has 0 amide bonds. The summed E-state index contributed by atoms with van der Waals surface area (Å²) in [4.78, 5) is 59.7. The highest BCUT2D eigenvalue weighted by Gasteiger charge is 2.53. The molecule has 2 aromatic rings. The monoisotopic (exact) mass is 532 g/mol. The Morgan fingerprint density at radius 2 is 1.47 bits per heavy atom. The molecule has 1 aliphatic carbocycles. The van der Waals surface area contributed by atoms with Gasteiger partial charge in [0, 0.05) is 44.7 Å². The van der Waals surface area contributed by atoms with Crippen molar-refractivity contribution in [3.8, 4) is 5.75 Å². The Morgan fingerprint density at radius 3 is 2.13 bits per heavy atom. The third kappa shape index (κ3) is 5.96. The van der Waals surface area contributed by atoms with E-state index < -0.39 is 60.2 Å². The summed E-state index contributed by atoms with van der Waals surface area (Å²) >= 11 is 0. The highest BCUT2D eigenvalue weighted by molar-refractivity contribution is 5.83. The highest BCUT2D eigenvalue weighted by atomic mass is 16.7. The zero-order valence-electron chi connectivity index (χ0n) is 21.3. The van der Waals surface area contributed by atoms with E-state index in [1.54, 1.807) is 12.1 Å². The second-order valence-electron chi connectivity index (χ2n) is 9.04. The van der Waals surface area contributed by atoms with Gasteiger partial charge in [-0.3, -0.25) is 19.2 Å². The Bertz CT molecular complexity index is 1310. The lowest BCUT2D eigenvalue weighted by Gasteiger charge is -2.43. The van der Waals surface area contributed by atoms with Crippen LogP contribution in [-0.4, -0.2) is 61.2 Å². The smallest absolute Gasteiger partial charge is 0.339 e. The van der Waals surface area contributed by atoms with Gasteiger partial charge in [-0.05, 0) is 37.0 Å². The molecule has 2 aliphatic rings. The van der Waals surface area contributed by atoms with Crippen molar-refractivity contribution in [1.29, 1.82) is 0 Å². The number of hydrogen-bond acceptors (Lipinski definition) is 12. The Kier molecular flexibility index (Phi) is 8.00. The van der Waals surface area contributed by atoms with Crippen LogP contribution in [0.4, 0.5) is 0 Å². The number of aryl methyl sites for hydroxylation is 1. The van der Waals surface area contributed by atoms with Crippen LogP contribution in [0, 0.1) is 0 Å². The first-order chi connectivity index (χ1) is 18.0. The van der Waals surface area contributed by atoms with Gasteiger partial charge in [0.15, 0.2) is 12.2 Å². The lowest BCUT2D eigenvalue weighted by molar-refractivity contribution is -0.288. The number of hydrogen-bond donors (Lipinski definition) is 0. The fourth-order valence-electron chi connectivity index (χ4n) is 4.76. The Labute approximate surface area is 217 Å². The summed E-state index contributed by atoms with van der Waals surface area (Å²) in [7, 11) is 0. The van der Waals surface area contributed by atoms with Gasteiger partial charge in [0.1, 0.15) is 24.0 Å². The van der Waals surface area contributed by atoms with E-state index in [-0.39, 0.29) is 12.4 Å². The van der Waals surface area contributed by atoms with E-state index in [1.165, 1.54) is 13.0 Å². The second-order valence-corrected chi connectivity index (χ2v) is 9.04. The molecule has 204 valence electrons. The molecular weight excluding hydrogens is 504 g/mol. The maximum atomic E-state index is 12.4. The summed E-state index contributed by atoms with van der Waals surface area (Å²) in [5.41, 5.74) is 1.51. The number of carbonyl (C=O) groups excluding carboxylic acids is 4. The number of fused-ring (bicyclic) bond motifs is 3. The van der Waals surface area contributed by atoms with Crippen LogP contribution in [0.5, 0.6) is 5.75 Å². The minimum absolute atomic E-state index is 0.194. The Morgan fingerprint density at radius 1 is 0.842 bits per heavy atom. The van der Waals surface area contributed by atoms with Crippen molar-refractivity contribution in [3.63, 3.8) is 0 Å². The maximum Gasteiger partial charge on any atom is 0.339 e. The third-order valence-corrected chi connectivity index (χ3v) is 6.15. The van der Waals surface area contributed by atoms with E-state index in [1.807, 2.05) is 0 Å². The molecular formula is C26H28O12. The fourth-order valence-corrected chi connectivity index (χ4v) is 4.76. The van der Waals surface area contributed by atoms with Crippen LogP contribution >= 0.6 is 0 Å². The largest absolute Gasteiger partial charge is 0.463 e. The molecule has 0 bridgehead atoms. The molecule has 0 saturated carbocycles. The zero-order valence-corrected chi connectivity index (χ0v) is 21.3. The summed E-state index contributed by atoms with van der Waals surface area (Å²) in [6.45, 7) is 4.21. The van der Waals surface area contributed by atoms with Crippen molar-refractivity contribution in [3.05, 3.63) is 39.7 Å². The molecule has 5 atom stereocenters. The normalized spacial score (nSPS) is 24.3. The Hall–Kier alpha value is -3.93. The van der Waals surface area contributed by atoms with E-state index in [4.69, 9.17) is 32.8 Å². The van der Waals surface area contributed by atoms with Crippen LogP contribution in [0.25, 0.3) is 11.0 Å². The molecule has 1 saturated heterocycles. The van der Waals surface area contributed by atoms with E-state index >= 15 is 0 Å². The molecule has 0 N–H and O–H groups in total. The molecule has 0 radical (unpaired) electrons.